The van der Waals surface area contributed by atoms with Gasteiger partial charge in [0.1, 0.15) is 13.2 Å². The third-order valence-electron chi connectivity index (χ3n) is 8.59. The van der Waals surface area contributed by atoms with Crippen molar-refractivity contribution >= 4 is 23.8 Å². The van der Waals surface area contributed by atoms with Crippen molar-refractivity contribution in [3.8, 4) is 0 Å². The Morgan fingerprint density at radius 2 is 1.67 bits per heavy atom. The second-order valence-corrected chi connectivity index (χ2v) is 11.5. The van der Waals surface area contributed by atoms with Gasteiger partial charge in [-0.3, -0.25) is 14.4 Å². The van der Waals surface area contributed by atoms with Crippen molar-refractivity contribution in [2.45, 2.75) is 85.6 Å². The lowest BCUT2D eigenvalue weighted by molar-refractivity contribution is -0.212. The van der Waals surface area contributed by atoms with Gasteiger partial charge in [0, 0.05) is 26.2 Å². The smallest absolute Gasteiger partial charge is 0.326 e. The molecule has 0 aromatic heterocycles. The molecule has 1 aliphatic rings. The number of ether oxygens (including phenoxy) is 2. The molecule has 0 unspecified atom stereocenters. The number of aryl methyl sites for hydroxylation is 1. The van der Waals surface area contributed by atoms with Crippen LogP contribution >= 0.6 is 0 Å². The summed E-state index contributed by atoms with van der Waals surface area (Å²) in [6.45, 7) is 11.6. The number of imide groups is 1. The first-order valence-electron chi connectivity index (χ1n) is 16.2. The number of amides is 4. The quantitative estimate of drug-likeness (QED) is 0.135. The molecule has 2 aromatic rings. The largest absolute Gasteiger partial charge is 0.461 e. The van der Waals surface area contributed by atoms with Crippen molar-refractivity contribution < 1.29 is 28.7 Å². The predicted octanol–water partition coefficient (Wildman–Crippen LogP) is 5.11. The lowest BCUT2D eigenvalue weighted by atomic mass is 9.72. The average Bonchev–Trinajstić information content (AvgIpc) is 3.04. The molecule has 1 heterocycles. The van der Waals surface area contributed by atoms with Crippen LogP contribution in [0.1, 0.15) is 82.5 Å². The van der Waals surface area contributed by atoms with Crippen molar-refractivity contribution in [1.82, 2.24) is 20.4 Å². The molecular weight excluding hydrogens is 572 g/mol. The Kier molecular flexibility index (Phi) is 14.0. The number of carbonyl (C=O) groups is 4. The van der Waals surface area contributed by atoms with E-state index in [1.54, 1.807) is 4.90 Å². The summed E-state index contributed by atoms with van der Waals surface area (Å²) >= 11 is 0. The summed E-state index contributed by atoms with van der Waals surface area (Å²) in [6.07, 6.45) is 1.97. The third kappa shape index (κ3) is 9.37. The van der Waals surface area contributed by atoms with Gasteiger partial charge in [-0.25, -0.2) is 9.69 Å². The number of hydrogen-bond acceptors (Lipinski definition) is 7. The minimum Gasteiger partial charge on any atom is -0.461 e. The number of urea groups is 1. The number of carbonyl (C=O) groups excluding carboxylic acids is 4. The molecule has 4 amide bonds. The Morgan fingerprint density at radius 3 is 2.29 bits per heavy atom. The van der Waals surface area contributed by atoms with Gasteiger partial charge in [-0.15, -0.1) is 0 Å². The van der Waals surface area contributed by atoms with Crippen LogP contribution in [0.2, 0.25) is 0 Å². The van der Waals surface area contributed by atoms with Crippen molar-refractivity contribution in [2.75, 3.05) is 32.8 Å². The maximum atomic E-state index is 13.5. The number of likely N-dealkylation sites (N-methyl/N-ethyl adjacent to an activating group) is 1. The molecule has 2 N–H and O–H groups in total. The molecule has 1 saturated heterocycles. The van der Waals surface area contributed by atoms with Crippen LogP contribution in [0.4, 0.5) is 4.79 Å². The van der Waals surface area contributed by atoms with Gasteiger partial charge < -0.3 is 25.0 Å². The number of β-lactam (4-membered cyclic amide) rings is 1. The molecule has 1 aliphatic heterocycles. The number of likely N-dealkylation sites (tertiary alicyclic amines) is 1. The topological polar surface area (TPSA) is 117 Å². The fraction of sp³-hybridized carbons (Fsp3) is 0.543. The molecule has 10 nitrogen and oxygen atoms in total. The van der Waals surface area contributed by atoms with Gasteiger partial charge >= 0.3 is 12.0 Å². The molecule has 1 fully saturated rings. The first-order chi connectivity index (χ1) is 21.7. The van der Waals surface area contributed by atoms with E-state index in [1.165, 1.54) is 0 Å². The van der Waals surface area contributed by atoms with Gasteiger partial charge in [-0.2, -0.15) is 0 Å². The van der Waals surface area contributed by atoms with E-state index in [4.69, 9.17) is 9.47 Å². The normalized spacial score (nSPS) is 16.1. The maximum Gasteiger partial charge on any atom is 0.326 e. The standard InChI is InChI=1S/C35H50N4O6/c1-6-13-29(28-18-16-26(5)17-19-28)37-34(43)39-32(42)35(7-2,8-3)33(39)45-25-30(40)38(9-4)23-22-36-21-20-31(41)44-24-27-14-11-10-12-15-27/h10-12,14-19,29,33,36H,6-9,13,20-25H2,1-5H3,(H,37,43)/t29-,33+/m1/s1. The third-order valence-corrected chi connectivity index (χ3v) is 8.59. The highest BCUT2D eigenvalue weighted by molar-refractivity contribution is 6.03. The average molecular weight is 623 g/mol. The minimum atomic E-state index is -0.852. The zero-order chi connectivity index (χ0) is 32.8. The van der Waals surface area contributed by atoms with E-state index in [2.05, 4.69) is 17.6 Å². The predicted molar refractivity (Wildman–Crippen MR) is 173 cm³/mol. The summed E-state index contributed by atoms with van der Waals surface area (Å²) in [7, 11) is 0. The number of rotatable bonds is 18. The molecule has 0 radical (unpaired) electrons. The summed E-state index contributed by atoms with van der Waals surface area (Å²) in [5, 5.41) is 6.22. The van der Waals surface area contributed by atoms with Gasteiger partial charge in [0.25, 0.3) is 0 Å². The van der Waals surface area contributed by atoms with Crippen molar-refractivity contribution in [2.24, 2.45) is 5.41 Å². The summed E-state index contributed by atoms with van der Waals surface area (Å²) in [6, 6.07) is 16.8. The first-order valence-corrected chi connectivity index (χ1v) is 16.2. The molecule has 246 valence electrons. The number of nitrogens with zero attached hydrogens (tertiary/aromatic N) is 2. The van der Waals surface area contributed by atoms with Crippen LogP contribution in [0.25, 0.3) is 0 Å². The Balaban J connectivity index is 1.50. The van der Waals surface area contributed by atoms with Crippen LogP contribution in [0.3, 0.4) is 0 Å². The molecular formula is C35H50N4O6. The van der Waals surface area contributed by atoms with Crippen LogP contribution in [0.5, 0.6) is 0 Å². The van der Waals surface area contributed by atoms with E-state index in [0.717, 1.165) is 34.4 Å². The molecule has 0 aliphatic carbocycles. The summed E-state index contributed by atoms with van der Waals surface area (Å²) in [5.41, 5.74) is 2.19. The highest BCUT2D eigenvalue weighted by Crippen LogP contribution is 2.46. The second kappa shape index (κ2) is 17.7. The highest BCUT2D eigenvalue weighted by Gasteiger charge is 2.62. The van der Waals surface area contributed by atoms with E-state index in [0.29, 0.717) is 39.0 Å². The fourth-order valence-corrected chi connectivity index (χ4v) is 5.64. The molecule has 0 bridgehead atoms. The summed E-state index contributed by atoms with van der Waals surface area (Å²) in [5.74, 6) is -0.798. The van der Waals surface area contributed by atoms with E-state index in [-0.39, 0.29) is 43.5 Å². The fourth-order valence-electron chi connectivity index (χ4n) is 5.64. The van der Waals surface area contributed by atoms with Crippen molar-refractivity contribution in [3.63, 3.8) is 0 Å². The van der Waals surface area contributed by atoms with Gasteiger partial charge in [0.2, 0.25) is 11.8 Å². The van der Waals surface area contributed by atoms with Crippen LogP contribution in [-0.4, -0.2) is 72.6 Å². The summed E-state index contributed by atoms with van der Waals surface area (Å²) < 4.78 is 11.4. The van der Waals surface area contributed by atoms with Crippen LogP contribution in [0, 0.1) is 12.3 Å². The lowest BCUT2D eigenvalue weighted by Gasteiger charge is -2.53. The van der Waals surface area contributed by atoms with E-state index >= 15 is 0 Å². The Labute approximate surface area is 267 Å². The molecule has 0 saturated carbocycles. The van der Waals surface area contributed by atoms with Gasteiger partial charge in [-0.1, -0.05) is 87.4 Å². The zero-order valence-corrected chi connectivity index (χ0v) is 27.5. The van der Waals surface area contributed by atoms with Gasteiger partial charge in [-0.05, 0) is 44.2 Å². The second-order valence-electron chi connectivity index (χ2n) is 11.5. The molecule has 2 atom stereocenters. The minimum absolute atomic E-state index is 0.225. The monoisotopic (exact) mass is 622 g/mol. The van der Waals surface area contributed by atoms with Crippen molar-refractivity contribution in [3.05, 3.63) is 71.3 Å². The first kappa shape index (κ1) is 35.7. The van der Waals surface area contributed by atoms with Crippen LogP contribution < -0.4 is 10.6 Å². The molecule has 2 aromatic carbocycles. The highest BCUT2D eigenvalue weighted by atomic mass is 16.5. The Morgan fingerprint density at radius 1 is 0.978 bits per heavy atom. The molecule has 3 rings (SSSR count). The van der Waals surface area contributed by atoms with Crippen LogP contribution in [-0.2, 0) is 30.5 Å². The van der Waals surface area contributed by atoms with Crippen LogP contribution in [0.15, 0.2) is 54.6 Å². The number of esters is 1. The van der Waals surface area contributed by atoms with Gasteiger partial charge in [0.15, 0.2) is 6.23 Å². The van der Waals surface area contributed by atoms with Crippen molar-refractivity contribution in [1.29, 1.82) is 0 Å². The van der Waals surface area contributed by atoms with E-state index < -0.39 is 17.7 Å². The number of benzene rings is 2. The van der Waals surface area contributed by atoms with E-state index in [9.17, 15) is 19.2 Å². The SMILES string of the molecule is CCC[C@@H](NC(=O)N1C(=O)C(CC)(CC)[C@@H]1OCC(=O)N(CC)CCNCCC(=O)OCc1ccccc1)c1ccc(C)cc1. The molecule has 10 heteroatoms. The Bertz CT molecular complexity index is 1250. The number of hydrogen-bond donors (Lipinski definition) is 2. The number of nitrogens with one attached hydrogen (secondary N) is 2. The Hall–Kier alpha value is -3.76. The maximum absolute atomic E-state index is 13.5. The van der Waals surface area contributed by atoms with E-state index in [1.807, 2.05) is 82.3 Å². The molecule has 45 heavy (non-hydrogen) atoms. The molecule has 0 spiro atoms. The lowest BCUT2D eigenvalue weighted by Crippen LogP contribution is -2.72. The zero-order valence-electron chi connectivity index (χ0n) is 27.5. The van der Waals surface area contributed by atoms with Gasteiger partial charge in [0.05, 0.1) is 17.9 Å². The summed E-state index contributed by atoms with van der Waals surface area (Å²) in [4.78, 5) is 54.8.